The van der Waals surface area contributed by atoms with Crippen LogP contribution in [0.25, 0.3) is 11.4 Å². The third-order valence-corrected chi connectivity index (χ3v) is 6.56. The third-order valence-electron chi connectivity index (χ3n) is 6.56. The topological polar surface area (TPSA) is 78.8 Å². The van der Waals surface area contributed by atoms with Gasteiger partial charge in [-0.2, -0.15) is 0 Å². The molecule has 7 nitrogen and oxygen atoms in total. The molecule has 1 aromatic heterocycles. The molecule has 9 heteroatoms. The van der Waals surface area contributed by atoms with Crippen molar-refractivity contribution >= 4 is 5.91 Å². The predicted molar refractivity (Wildman–Crippen MR) is 128 cm³/mol. The fraction of sp³-hybridized carbons (Fsp3) is 0.577. The van der Waals surface area contributed by atoms with E-state index in [0.717, 1.165) is 25.9 Å². The van der Waals surface area contributed by atoms with Gasteiger partial charge in [-0.15, -0.1) is 0 Å². The van der Waals surface area contributed by atoms with Crippen LogP contribution in [0.2, 0.25) is 0 Å². The van der Waals surface area contributed by atoms with Gasteiger partial charge in [0.25, 0.3) is 5.91 Å². The molecule has 0 spiro atoms. The Morgan fingerprint density at radius 2 is 1.89 bits per heavy atom. The summed E-state index contributed by atoms with van der Waals surface area (Å²) in [4.78, 5) is 24.9. The maximum atomic E-state index is 14.7. The van der Waals surface area contributed by atoms with E-state index in [9.17, 15) is 18.7 Å². The van der Waals surface area contributed by atoms with Crippen molar-refractivity contribution in [2.24, 2.45) is 5.92 Å². The molecule has 190 valence electrons. The molecule has 1 atom stereocenters. The molecule has 4 rings (SSSR count). The van der Waals surface area contributed by atoms with Gasteiger partial charge < -0.3 is 19.6 Å². The lowest BCUT2D eigenvalue weighted by atomic mass is 9.97. The van der Waals surface area contributed by atoms with Gasteiger partial charge in [0.05, 0.1) is 30.7 Å². The Balaban J connectivity index is 1.30. The van der Waals surface area contributed by atoms with Crippen LogP contribution in [-0.2, 0) is 0 Å². The molecule has 2 aliphatic heterocycles. The number of nitrogens with zero attached hydrogens (tertiary/aromatic N) is 4. The Morgan fingerprint density at radius 3 is 2.51 bits per heavy atom. The molecule has 0 saturated carbocycles. The number of hydrogen-bond donors (Lipinski definition) is 1. The van der Waals surface area contributed by atoms with Gasteiger partial charge in [-0.3, -0.25) is 4.79 Å². The molecule has 0 aliphatic carbocycles. The molecule has 2 aromatic rings. The highest BCUT2D eigenvalue weighted by Crippen LogP contribution is 2.24. The van der Waals surface area contributed by atoms with E-state index in [1.807, 2.05) is 0 Å². The highest BCUT2D eigenvalue weighted by molar-refractivity contribution is 5.95. The number of piperidine rings is 2. The SMILES string of the molecule is CC(C)(F)CN1CCC(COc2cnc(-c3ccc(C(=O)N4CCC[C@H](O)C4)c(F)c3)nc2)CC1. The first-order chi connectivity index (χ1) is 16.7. The number of rotatable bonds is 7. The lowest BCUT2D eigenvalue weighted by molar-refractivity contribution is 0.0470. The highest BCUT2D eigenvalue weighted by atomic mass is 19.1. The number of halogens is 2. The molecular weight excluding hydrogens is 454 g/mol. The summed E-state index contributed by atoms with van der Waals surface area (Å²) in [5.74, 6) is 0.215. The van der Waals surface area contributed by atoms with Crippen LogP contribution in [0.15, 0.2) is 30.6 Å². The number of amides is 1. The summed E-state index contributed by atoms with van der Waals surface area (Å²) < 4.78 is 34.4. The van der Waals surface area contributed by atoms with Crippen LogP contribution in [0.4, 0.5) is 8.78 Å². The fourth-order valence-electron chi connectivity index (χ4n) is 4.73. The zero-order chi connectivity index (χ0) is 25.0. The van der Waals surface area contributed by atoms with Crippen molar-refractivity contribution in [3.8, 4) is 17.1 Å². The average molecular weight is 489 g/mol. The van der Waals surface area contributed by atoms with Crippen molar-refractivity contribution < 1.29 is 23.4 Å². The van der Waals surface area contributed by atoms with Gasteiger partial charge in [0.15, 0.2) is 11.6 Å². The molecule has 35 heavy (non-hydrogen) atoms. The maximum Gasteiger partial charge on any atom is 0.256 e. The lowest BCUT2D eigenvalue weighted by Crippen LogP contribution is -2.42. The van der Waals surface area contributed by atoms with Gasteiger partial charge in [0, 0.05) is 25.2 Å². The Morgan fingerprint density at radius 1 is 1.17 bits per heavy atom. The van der Waals surface area contributed by atoms with E-state index in [1.165, 1.54) is 17.0 Å². The summed E-state index contributed by atoms with van der Waals surface area (Å²) in [5, 5.41) is 9.79. The number of benzene rings is 1. The van der Waals surface area contributed by atoms with Gasteiger partial charge in [-0.25, -0.2) is 18.7 Å². The summed E-state index contributed by atoms with van der Waals surface area (Å²) >= 11 is 0. The van der Waals surface area contributed by atoms with Crippen molar-refractivity contribution in [3.05, 3.63) is 42.0 Å². The van der Waals surface area contributed by atoms with E-state index in [1.54, 1.807) is 32.3 Å². The Hall–Kier alpha value is -2.65. The molecule has 0 unspecified atom stereocenters. The monoisotopic (exact) mass is 488 g/mol. The summed E-state index contributed by atoms with van der Waals surface area (Å²) in [7, 11) is 0. The minimum Gasteiger partial charge on any atom is -0.490 e. The minimum atomic E-state index is -1.18. The molecule has 2 aliphatic rings. The molecule has 2 saturated heterocycles. The van der Waals surface area contributed by atoms with Crippen molar-refractivity contribution in [1.82, 2.24) is 19.8 Å². The van der Waals surface area contributed by atoms with Crippen molar-refractivity contribution in [2.45, 2.75) is 51.3 Å². The maximum absolute atomic E-state index is 14.7. The second kappa shape index (κ2) is 11.0. The first-order valence-electron chi connectivity index (χ1n) is 12.3. The second-order valence-electron chi connectivity index (χ2n) is 10.2. The van der Waals surface area contributed by atoms with E-state index in [0.29, 0.717) is 55.6 Å². The molecular formula is C26H34F2N4O3. The molecule has 3 heterocycles. The molecule has 1 N–H and O–H groups in total. The summed E-state index contributed by atoms with van der Waals surface area (Å²) in [6.07, 6.45) is 5.83. The van der Waals surface area contributed by atoms with Crippen LogP contribution >= 0.6 is 0 Å². The molecule has 0 radical (unpaired) electrons. The van der Waals surface area contributed by atoms with Crippen LogP contribution in [0.3, 0.4) is 0 Å². The van der Waals surface area contributed by atoms with E-state index >= 15 is 0 Å². The number of β-amino-alcohol motifs (C(OH)–C–C–N with tert-alkyl or cyclic N) is 1. The standard InChI is InChI=1S/C26H34F2N4O3/c1-26(2,28)17-31-10-7-18(8-11-31)16-35-21-13-29-24(30-14-21)19-5-6-22(23(27)12-19)25(34)32-9-3-4-20(33)15-32/h5-6,12-14,18,20,33H,3-4,7-11,15-17H2,1-2H3/t20-/m0/s1. The summed E-state index contributed by atoms with van der Waals surface area (Å²) in [5.41, 5.74) is -0.741. The largest absolute Gasteiger partial charge is 0.490 e. The van der Waals surface area contributed by atoms with Crippen LogP contribution in [0, 0.1) is 11.7 Å². The van der Waals surface area contributed by atoms with Gasteiger partial charge >= 0.3 is 0 Å². The summed E-state index contributed by atoms with van der Waals surface area (Å²) in [6, 6.07) is 4.33. The second-order valence-corrected chi connectivity index (χ2v) is 10.2. The first kappa shape index (κ1) is 25.4. The van der Waals surface area contributed by atoms with E-state index in [4.69, 9.17) is 4.74 Å². The van der Waals surface area contributed by atoms with Crippen LogP contribution in [0.5, 0.6) is 5.75 Å². The number of hydrogen-bond acceptors (Lipinski definition) is 6. The number of carbonyl (C=O) groups excluding carboxylic acids is 1. The highest BCUT2D eigenvalue weighted by Gasteiger charge is 2.26. The number of ether oxygens (including phenoxy) is 1. The normalized spacial score (nSPS) is 20.1. The molecule has 1 aromatic carbocycles. The first-order valence-corrected chi connectivity index (χ1v) is 12.3. The van der Waals surface area contributed by atoms with E-state index in [-0.39, 0.29) is 12.1 Å². The van der Waals surface area contributed by atoms with Crippen LogP contribution in [0.1, 0.15) is 49.9 Å². The quantitative estimate of drug-likeness (QED) is 0.640. The zero-order valence-corrected chi connectivity index (χ0v) is 20.4. The van der Waals surface area contributed by atoms with Gasteiger partial charge in [0.2, 0.25) is 0 Å². The number of aliphatic hydroxyl groups excluding tert-OH is 1. The fourth-order valence-corrected chi connectivity index (χ4v) is 4.73. The summed E-state index contributed by atoms with van der Waals surface area (Å²) in [6.45, 7) is 6.67. The Bertz CT molecular complexity index is 1000. The van der Waals surface area contributed by atoms with Gasteiger partial charge in [-0.1, -0.05) is 6.07 Å². The van der Waals surface area contributed by atoms with Crippen LogP contribution < -0.4 is 4.74 Å². The smallest absolute Gasteiger partial charge is 0.256 e. The Labute approximate surface area is 205 Å². The number of carbonyl (C=O) groups is 1. The lowest BCUT2D eigenvalue weighted by Gasteiger charge is -2.34. The van der Waals surface area contributed by atoms with E-state index in [2.05, 4.69) is 14.9 Å². The predicted octanol–water partition coefficient (Wildman–Crippen LogP) is 3.72. The zero-order valence-electron chi connectivity index (χ0n) is 20.4. The van der Waals surface area contributed by atoms with Crippen molar-refractivity contribution in [2.75, 3.05) is 39.3 Å². The minimum absolute atomic E-state index is 0.0241. The van der Waals surface area contributed by atoms with Crippen LogP contribution in [-0.4, -0.2) is 81.9 Å². The Kier molecular flexibility index (Phi) is 7.96. The number of likely N-dealkylation sites (tertiary alicyclic amines) is 2. The molecule has 2 fully saturated rings. The van der Waals surface area contributed by atoms with Gasteiger partial charge in [-0.05, 0) is 70.7 Å². The van der Waals surface area contributed by atoms with E-state index < -0.39 is 23.5 Å². The molecule has 0 bridgehead atoms. The average Bonchev–Trinajstić information content (AvgIpc) is 2.82. The number of aliphatic hydroxyl groups is 1. The van der Waals surface area contributed by atoms with Crippen molar-refractivity contribution in [1.29, 1.82) is 0 Å². The number of alkyl halides is 1. The van der Waals surface area contributed by atoms with Crippen molar-refractivity contribution in [3.63, 3.8) is 0 Å². The molecule has 1 amide bonds. The third kappa shape index (κ3) is 6.95. The number of aromatic nitrogens is 2. The van der Waals surface area contributed by atoms with Gasteiger partial charge in [0.1, 0.15) is 11.5 Å².